The van der Waals surface area contributed by atoms with Crippen LogP contribution in [0.3, 0.4) is 0 Å². The highest BCUT2D eigenvalue weighted by molar-refractivity contribution is 5.76. The minimum atomic E-state index is -1.61. The highest BCUT2D eigenvalue weighted by Gasteiger charge is 2.24. The molecule has 0 aromatic carbocycles. The number of aliphatic hydroxyl groups is 2. The topological polar surface area (TPSA) is 119 Å². The molecule has 1 aliphatic rings. The lowest BCUT2D eigenvalue weighted by molar-refractivity contribution is -0.146. The largest absolute Gasteiger partial charge is 0.479 e. The van der Waals surface area contributed by atoms with Gasteiger partial charge in [-0.25, -0.2) is 9.59 Å². The highest BCUT2D eigenvalue weighted by Crippen LogP contribution is 2.17. The molecule has 17 heavy (non-hydrogen) atoms. The Bertz CT molecular complexity index is 284. The Labute approximate surface area is 98.8 Å². The Kier molecular flexibility index (Phi) is 5.17. The third-order valence-corrected chi connectivity index (χ3v) is 2.79. The Morgan fingerprint density at radius 2 is 1.94 bits per heavy atom. The molecular weight excluding hydrogens is 228 g/mol. The van der Waals surface area contributed by atoms with E-state index in [1.807, 2.05) is 0 Å². The number of hydrogen-bond acceptors (Lipinski definition) is 4. The number of carboxylic acids is 1. The second-order valence-corrected chi connectivity index (χ2v) is 4.17. The average Bonchev–Trinajstić information content (AvgIpc) is 2.29. The monoisotopic (exact) mass is 246 g/mol. The zero-order valence-corrected chi connectivity index (χ0v) is 9.43. The summed E-state index contributed by atoms with van der Waals surface area (Å²) in [6, 6.07) is -0.873. The molecule has 0 heterocycles. The molecule has 3 unspecified atom stereocenters. The van der Waals surface area contributed by atoms with Crippen LogP contribution in [-0.4, -0.2) is 52.1 Å². The fourth-order valence-electron chi connectivity index (χ4n) is 1.78. The number of carboxylic acid groups (broad SMARTS) is 1. The lowest BCUT2D eigenvalue weighted by Gasteiger charge is -2.28. The lowest BCUT2D eigenvalue weighted by Crippen LogP contribution is -2.50. The van der Waals surface area contributed by atoms with E-state index in [0.29, 0.717) is 12.8 Å². The molecule has 1 aliphatic carbocycles. The molecule has 0 aromatic heterocycles. The van der Waals surface area contributed by atoms with Crippen molar-refractivity contribution in [2.24, 2.45) is 0 Å². The van der Waals surface area contributed by atoms with Crippen molar-refractivity contribution in [3.8, 4) is 0 Å². The average molecular weight is 246 g/mol. The molecule has 7 heteroatoms. The van der Waals surface area contributed by atoms with Crippen LogP contribution in [0.4, 0.5) is 4.79 Å². The number of hydrogen-bond donors (Lipinski definition) is 5. The van der Waals surface area contributed by atoms with Crippen LogP contribution in [0.5, 0.6) is 0 Å². The predicted octanol–water partition coefficient (Wildman–Crippen LogP) is -0.965. The third-order valence-electron chi connectivity index (χ3n) is 2.79. The number of carbonyl (C=O) groups excluding carboxylic acids is 1. The van der Waals surface area contributed by atoms with Crippen molar-refractivity contribution in [2.45, 2.75) is 43.9 Å². The maximum atomic E-state index is 11.3. The van der Waals surface area contributed by atoms with Gasteiger partial charge >= 0.3 is 12.0 Å². The number of urea groups is 1. The van der Waals surface area contributed by atoms with Crippen molar-refractivity contribution in [1.82, 2.24) is 10.6 Å². The summed E-state index contributed by atoms with van der Waals surface area (Å²) in [4.78, 5) is 21.6. The van der Waals surface area contributed by atoms with Crippen molar-refractivity contribution < 1.29 is 24.9 Å². The van der Waals surface area contributed by atoms with Gasteiger partial charge < -0.3 is 26.0 Å². The van der Waals surface area contributed by atoms with Gasteiger partial charge in [-0.2, -0.15) is 0 Å². The first-order valence-electron chi connectivity index (χ1n) is 5.64. The number of nitrogens with one attached hydrogen (secondary N) is 2. The van der Waals surface area contributed by atoms with Gasteiger partial charge in [0.2, 0.25) is 0 Å². The SMILES string of the molecule is O=C(NCC(O)C(=O)O)NC1CCCCC1O. The van der Waals surface area contributed by atoms with Crippen molar-refractivity contribution >= 4 is 12.0 Å². The van der Waals surface area contributed by atoms with Gasteiger partial charge in [-0.05, 0) is 12.8 Å². The first kappa shape index (κ1) is 13.7. The first-order valence-corrected chi connectivity index (χ1v) is 5.64. The van der Waals surface area contributed by atoms with Crippen LogP contribution in [-0.2, 0) is 4.79 Å². The number of aliphatic hydroxyl groups excluding tert-OH is 2. The molecule has 0 saturated heterocycles. The summed E-state index contributed by atoms with van der Waals surface area (Å²) in [5, 5.41) is 31.7. The van der Waals surface area contributed by atoms with Crippen molar-refractivity contribution in [3.63, 3.8) is 0 Å². The molecule has 1 saturated carbocycles. The van der Waals surface area contributed by atoms with E-state index >= 15 is 0 Å². The van der Waals surface area contributed by atoms with Crippen molar-refractivity contribution in [1.29, 1.82) is 0 Å². The van der Waals surface area contributed by atoms with E-state index in [9.17, 15) is 14.7 Å². The summed E-state index contributed by atoms with van der Waals surface area (Å²) >= 11 is 0. The zero-order valence-electron chi connectivity index (χ0n) is 9.43. The van der Waals surface area contributed by atoms with Crippen LogP contribution in [0.25, 0.3) is 0 Å². The van der Waals surface area contributed by atoms with Gasteiger partial charge in [0.1, 0.15) is 0 Å². The van der Waals surface area contributed by atoms with Gasteiger partial charge in [0.05, 0.1) is 18.7 Å². The fourth-order valence-corrected chi connectivity index (χ4v) is 1.78. The number of aliphatic carboxylic acids is 1. The first-order chi connectivity index (χ1) is 8.00. The van der Waals surface area contributed by atoms with E-state index in [4.69, 9.17) is 10.2 Å². The maximum Gasteiger partial charge on any atom is 0.334 e. The Morgan fingerprint density at radius 1 is 1.29 bits per heavy atom. The summed E-state index contributed by atoms with van der Waals surface area (Å²) in [7, 11) is 0. The molecule has 0 bridgehead atoms. The molecule has 0 aromatic rings. The number of amides is 2. The second-order valence-electron chi connectivity index (χ2n) is 4.17. The van der Waals surface area contributed by atoms with Gasteiger partial charge in [0.25, 0.3) is 0 Å². The van der Waals surface area contributed by atoms with E-state index in [0.717, 1.165) is 12.8 Å². The van der Waals surface area contributed by atoms with Crippen LogP contribution in [0.2, 0.25) is 0 Å². The van der Waals surface area contributed by atoms with E-state index in [2.05, 4.69) is 10.6 Å². The zero-order chi connectivity index (χ0) is 12.8. The summed E-state index contributed by atoms with van der Waals surface area (Å²) < 4.78 is 0. The van der Waals surface area contributed by atoms with Crippen LogP contribution in [0, 0.1) is 0 Å². The molecule has 7 nitrogen and oxygen atoms in total. The quantitative estimate of drug-likeness (QED) is 0.437. The summed E-state index contributed by atoms with van der Waals surface area (Å²) in [6.07, 6.45) is 1.08. The molecule has 0 radical (unpaired) electrons. The number of carbonyl (C=O) groups is 2. The van der Waals surface area contributed by atoms with Gasteiger partial charge in [-0.15, -0.1) is 0 Å². The molecule has 1 rings (SSSR count). The third kappa shape index (κ3) is 4.58. The van der Waals surface area contributed by atoms with Gasteiger partial charge in [0, 0.05) is 0 Å². The van der Waals surface area contributed by atoms with Crippen molar-refractivity contribution in [3.05, 3.63) is 0 Å². The fraction of sp³-hybridized carbons (Fsp3) is 0.800. The van der Waals surface area contributed by atoms with Crippen LogP contribution >= 0.6 is 0 Å². The van der Waals surface area contributed by atoms with Crippen LogP contribution < -0.4 is 10.6 Å². The Balaban J connectivity index is 2.26. The van der Waals surface area contributed by atoms with Gasteiger partial charge in [-0.3, -0.25) is 0 Å². The van der Waals surface area contributed by atoms with E-state index in [-0.39, 0.29) is 12.6 Å². The Morgan fingerprint density at radius 3 is 2.53 bits per heavy atom. The van der Waals surface area contributed by atoms with Crippen LogP contribution in [0.1, 0.15) is 25.7 Å². The number of rotatable bonds is 4. The van der Waals surface area contributed by atoms with E-state index in [1.54, 1.807) is 0 Å². The Hall–Kier alpha value is -1.34. The smallest absolute Gasteiger partial charge is 0.334 e. The van der Waals surface area contributed by atoms with Gasteiger partial charge in [-0.1, -0.05) is 12.8 Å². The predicted molar refractivity (Wildman–Crippen MR) is 58.4 cm³/mol. The summed E-state index contributed by atoms with van der Waals surface area (Å²) in [5.74, 6) is -1.39. The molecule has 98 valence electrons. The molecule has 0 spiro atoms. The second kappa shape index (κ2) is 6.41. The standard InChI is InChI=1S/C10H18N2O5/c13-7-4-2-1-3-6(7)12-10(17)11-5-8(14)9(15)16/h6-8,13-14H,1-5H2,(H,15,16)(H2,11,12,17). The van der Waals surface area contributed by atoms with Crippen molar-refractivity contribution in [2.75, 3.05) is 6.54 Å². The summed E-state index contributed by atoms with van der Waals surface area (Å²) in [6.45, 7) is -0.357. The molecule has 5 N–H and O–H groups in total. The minimum Gasteiger partial charge on any atom is -0.479 e. The van der Waals surface area contributed by atoms with Gasteiger partial charge in [0.15, 0.2) is 6.10 Å². The molecule has 3 atom stereocenters. The highest BCUT2D eigenvalue weighted by atomic mass is 16.4. The maximum absolute atomic E-state index is 11.3. The normalized spacial score (nSPS) is 26.0. The summed E-state index contributed by atoms with van der Waals surface area (Å²) in [5.41, 5.74) is 0. The molecule has 2 amide bonds. The van der Waals surface area contributed by atoms with Crippen LogP contribution in [0.15, 0.2) is 0 Å². The lowest BCUT2D eigenvalue weighted by atomic mass is 9.93. The minimum absolute atomic E-state index is 0.300. The van der Waals surface area contributed by atoms with E-state index < -0.39 is 24.2 Å². The molecule has 1 fully saturated rings. The van der Waals surface area contributed by atoms with E-state index in [1.165, 1.54) is 0 Å². The molecule has 0 aliphatic heterocycles. The molecular formula is C10H18N2O5.